The molecule has 19 heavy (non-hydrogen) atoms. The van der Waals surface area contributed by atoms with Gasteiger partial charge in [0, 0.05) is 36.9 Å². The van der Waals surface area contributed by atoms with Crippen LogP contribution in [0.3, 0.4) is 0 Å². The van der Waals surface area contributed by atoms with Crippen molar-refractivity contribution in [3.05, 3.63) is 30.1 Å². The Balaban J connectivity index is 1.49. The first kappa shape index (κ1) is 12.6. The number of carbonyl (C=O) groups is 1. The number of amides is 1. The molecule has 2 fully saturated rings. The maximum atomic E-state index is 11.0. The molecule has 2 N–H and O–H groups in total. The van der Waals surface area contributed by atoms with E-state index < -0.39 is 0 Å². The summed E-state index contributed by atoms with van der Waals surface area (Å²) in [5, 5.41) is 0. The van der Waals surface area contributed by atoms with Gasteiger partial charge in [-0.1, -0.05) is 6.07 Å². The van der Waals surface area contributed by atoms with Crippen LogP contribution < -0.4 is 5.73 Å². The summed E-state index contributed by atoms with van der Waals surface area (Å²) in [5.41, 5.74) is 6.55. The SMILES string of the molecule is NC(=O)C1CN(C2CCC(c3ccccn3)CC2)C1. The number of hydrogen-bond donors (Lipinski definition) is 1. The van der Waals surface area contributed by atoms with Crippen molar-refractivity contribution in [1.82, 2.24) is 9.88 Å². The van der Waals surface area contributed by atoms with Gasteiger partial charge in [0.1, 0.15) is 0 Å². The number of primary amides is 1. The van der Waals surface area contributed by atoms with E-state index in [2.05, 4.69) is 22.0 Å². The van der Waals surface area contributed by atoms with Crippen LogP contribution in [0.25, 0.3) is 0 Å². The average molecular weight is 259 g/mol. The Kier molecular flexibility index (Phi) is 3.51. The fourth-order valence-electron chi connectivity index (χ4n) is 3.34. The zero-order valence-corrected chi connectivity index (χ0v) is 11.2. The molecule has 1 aliphatic carbocycles. The monoisotopic (exact) mass is 259 g/mol. The van der Waals surface area contributed by atoms with Crippen LogP contribution >= 0.6 is 0 Å². The minimum atomic E-state index is -0.140. The van der Waals surface area contributed by atoms with Crippen molar-refractivity contribution < 1.29 is 4.79 Å². The van der Waals surface area contributed by atoms with Crippen molar-refractivity contribution >= 4 is 5.91 Å². The van der Waals surface area contributed by atoms with Gasteiger partial charge in [-0.15, -0.1) is 0 Å². The summed E-state index contributed by atoms with van der Waals surface area (Å²) in [6.45, 7) is 1.74. The molecule has 2 heterocycles. The molecule has 0 aromatic carbocycles. The molecule has 0 spiro atoms. The molecular weight excluding hydrogens is 238 g/mol. The lowest BCUT2D eigenvalue weighted by Gasteiger charge is -2.45. The van der Waals surface area contributed by atoms with Crippen molar-refractivity contribution in [2.75, 3.05) is 13.1 Å². The highest BCUT2D eigenvalue weighted by Crippen LogP contribution is 2.35. The summed E-state index contributed by atoms with van der Waals surface area (Å²) in [6.07, 6.45) is 6.73. The second kappa shape index (κ2) is 5.29. The lowest BCUT2D eigenvalue weighted by atomic mass is 9.81. The molecule has 4 heteroatoms. The highest BCUT2D eigenvalue weighted by atomic mass is 16.1. The summed E-state index contributed by atoms with van der Waals surface area (Å²) in [5.74, 6) is 0.567. The zero-order chi connectivity index (χ0) is 13.2. The fourth-order valence-corrected chi connectivity index (χ4v) is 3.34. The molecule has 1 saturated carbocycles. The molecule has 0 radical (unpaired) electrons. The van der Waals surface area contributed by atoms with Crippen molar-refractivity contribution in [2.24, 2.45) is 11.7 Å². The molecule has 0 unspecified atom stereocenters. The number of nitrogens with two attached hydrogens (primary N) is 1. The van der Waals surface area contributed by atoms with Crippen LogP contribution in [0.4, 0.5) is 0 Å². The van der Waals surface area contributed by atoms with E-state index in [1.165, 1.54) is 31.4 Å². The Hall–Kier alpha value is -1.42. The summed E-state index contributed by atoms with van der Waals surface area (Å²) < 4.78 is 0. The third kappa shape index (κ3) is 2.63. The Morgan fingerprint density at radius 2 is 1.95 bits per heavy atom. The van der Waals surface area contributed by atoms with Gasteiger partial charge < -0.3 is 5.73 Å². The van der Waals surface area contributed by atoms with Gasteiger partial charge in [-0.25, -0.2) is 0 Å². The van der Waals surface area contributed by atoms with E-state index in [4.69, 9.17) is 5.73 Å². The van der Waals surface area contributed by atoms with Gasteiger partial charge in [0.2, 0.25) is 5.91 Å². The maximum Gasteiger partial charge on any atom is 0.223 e. The van der Waals surface area contributed by atoms with Crippen LogP contribution in [0.15, 0.2) is 24.4 Å². The third-order valence-corrected chi connectivity index (χ3v) is 4.63. The molecule has 1 aromatic rings. The van der Waals surface area contributed by atoms with E-state index >= 15 is 0 Å². The van der Waals surface area contributed by atoms with Crippen LogP contribution in [0, 0.1) is 5.92 Å². The van der Waals surface area contributed by atoms with Gasteiger partial charge in [0.15, 0.2) is 0 Å². The summed E-state index contributed by atoms with van der Waals surface area (Å²) >= 11 is 0. The van der Waals surface area contributed by atoms with Crippen LogP contribution in [-0.4, -0.2) is 34.9 Å². The maximum absolute atomic E-state index is 11.0. The first-order valence-electron chi connectivity index (χ1n) is 7.18. The molecule has 4 nitrogen and oxygen atoms in total. The quantitative estimate of drug-likeness (QED) is 0.895. The number of hydrogen-bond acceptors (Lipinski definition) is 3. The first-order chi connectivity index (χ1) is 9.24. The summed E-state index contributed by atoms with van der Waals surface area (Å²) in [7, 11) is 0. The average Bonchev–Trinajstić information content (AvgIpc) is 2.38. The van der Waals surface area contributed by atoms with Crippen LogP contribution in [-0.2, 0) is 4.79 Å². The highest BCUT2D eigenvalue weighted by Gasteiger charge is 2.37. The van der Waals surface area contributed by atoms with E-state index in [0.29, 0.717) is 12.0 Å². The second-order valence-electron chi connectivity index (χ2n) is 5.81. The molecule has 1 aliphatic heterocycles. The summed E-state index contributed by atoms with van der Waals surface area (Å²) in [4.78, 5) is 17.9. The Morgan fingerprint density at radius 1 is 1.21 bits per heavy atom. The zero-order valence-electron chi connectivity index (χ0n) is 11.2. The van der Waals surface area contributed by atoms with Crippen molar-refractivity contribution in [3.8, 4) is 0 Å². The molecule has 0 atom stereocenters. The minimum absolute atomic E-state index is 0.0912. The number of pyridine rings is 1. The number of likely N-dealkylation sites (tertiary alicyclic amines) is 1. The summed E-state index contributed by atoms with van der Waals surface area (Å²) in [6, 6.07) is 6.83. The molecule has 0 bridgehead atoms. The van der Waals surface area contributed by atoms with Gasteiger partial charge in [-0.05, 0) is 37.8 Å². The number of carbonyl (C=O) groups excluding carboxylic acids is 1. The van der Waals surface area contributed by atoms with Gasteiger partial charge in [0.25, 0.3) is 0 Å². The van der Waals surface area contributed by atoms with E-state index in [1.54, 1.807) is 0 Å². The molecular formula is C15H21N3O. The van der Waals surface area contributed by atoms with Crippen molar-refractivity contribution in [3.63, 3.8) is 0 Å². The molecule has 1 aromatic heterocycles. The molecule has 102 valence electrons. The highest BCUT2D eigenvalue weighted by molar-refractivity contribution is 5.78. The molecule has 1 amide bonds. The third-order valence-electron chi connectivity index (χ3n) is 4.63. The minimum Gasteiger partial charge on any atom is -0.369 e. The smallest absolute Gasteiger partial charge is 0.223 e. The van der Waals surface area contributed by atoms with E-state index in [-0.39, 0.29) is 11.8 Å². The van der Waals surface area contributed by atoms with Gasteiger partial charge in [-0.3, -0.25) is 14.7 Å². The van der Waals surface area contributed by atoms with Gasteiger partial charge in [-0.2, -0.15) is 0 Å². The van der Waals surface area contributed by atoms with Gasteiger partial charge in [0.05, 0.1) is 5.92 Å². The number of nitrogens with zero attached hydrogens (tertiary/aromatic N) is 2. The molecule has 1 saturated heterocycles. The van der Waals surface area contributed by atoms with Crippen LogP contribution in [0.2, 0.25) is 0 Å². The lowest BCUT2D eigenvalue weighted by molar-refractivity contribution is -0.128. The normalized spacial score (nSPS) is 28.8. The number of aromatic nitrogens is 1. The van der Waals surface area contributed by atoms with Crippen molar-refractivity contribution in [2.45, 2.75) is 37.6 Å². The number of rotatable bonds is 3. The predicted octanol–water partition coefficient (Wildman–Crippen LogP) is 1.52. The fraction of sp³-hybridized carbons (Fsp3) is 0.600. The standard InChI is InChI=1S/C15H21N3O/c16-15(19)12-9-18(10-12)13-6-4-11(5-7-13)14-3-1-2-8-17-14/h1-3,8,11-13H,4-7,9-10H2,(H2,16,19). The van der Waals surface area contributed by atoms with Crippen LogP contribution in [0.1, 0.15) is 37.3 Å². The Bertz CT molecular complexity index is 434. The van der Waals surface area contributed by atoms with E-state index in [0.717, 1.165) is 13.1 Å². The van der Waals surface area contributed by atoms with Gasteiger partial charge >= 0.3 is 0 Å². The first-order valence-corrected chi connectivity index (χ1v) is 7.18. The predicted molar refractivity (Wildman–Crippen MR) is 73.5 cm³/mol. The second-order valence-corrected chi connectivity index (χ2v) is 5.81. The molecule has 3 rings (SSSR count). The van der Waals surface area contributed by atoms with E-state index in [1.807, 2.05) is 12.3 Å². The van der Waals surface area contributed by atoms with E-state index in [9.17, 15) is 4.79 Å². The lowest BCUT2D eigenvalue weighted by Crippen LogP contribution is -2.56. The Morgan fingerprint density at radius 3 is 2.53 bits per heavy atom. The molecule has 2 aliphatic rings. The van der Waals surface area contributed by atoms with Crippen molar-refractivity contribution in [1.29, 1.82) is 0 Å². The topological polar surface area (TPSA) is 59.2 Å². The largest absolute Gasteiger partial charge is 0.369 e. The van der Waals surface area contributed by atoms with Crippen LogP contribution in [0.5, 0.6) is 0 Å². The Labute approximate surface area is 114 Å².